The Labute approximate surface area is 107 Å². The molecule has 0 bridgehead atoms. The summed E-state index contributed by atoms with van der Waals surface area (Å²) >= 11 is 0. The normalized spacial score (nSPS) is 11.2. The third-order valence-corrected chi connectivity index (χ3v) is 2.38. The van der Waals surface area contributed by atoms with Gasteiger partial charge in [-0.1, -0.05) is 12.1 Å². The molecular weight excluding hydrogens is 230 g/mol. The molecule has 1 rings (SSSR count). The van der Waals surface area contributed by atoms with E-state index in [1.54, 1.807) is 0 Å². The molecule has 1 N–H and O–H groups in total. The van der Waals surface area contributed by atoms with E-state index in [4.69, 9.17) is 4.74 Å². The first kappa shape index (κ1) is 14.2. The van der Waals surface area contributed by atoms with Crippen LogP contribution in [0.15, 0.2) is 29.3 Å². The van der Waals surface area contributed by atoms with E-state index >= 15 is 0 Å². The van der Waals surface area contributed by atoms with E-state index in [1.807, 2.05) is 50.2 Å². The Morgan fingerprint density at radius 1 is 1.39 bits per heavy atom. The maximum absolute atomic E-state index is 11.5. The Morgan fingerprint density at radius 2 is 2.06 bits per heavy atom. The van der Waals surface area contributed by atoms with Gasteiger partial charge in [0, 0.05) is 21.2 Å². The van der Waals surface area contributed by atoms with Crippen LogP contribution in [-0.4, -0.2) is 44.5 Å². The van der Waals surface area contributed by atoms with Crippen LogP contribution < -0.4 is 5.32 Å². The van der Waals surface area contributed by atoms with Crippen LogP contribution in [0.4, 0.5) is 11.4 Å². The fraction of sp³-hybridized carbons (Fsp3) is 0.385. The Hall–Kier alpha value is -1.88. The number of nitrogens with zero attached hydrogens (tertiary/aromatic N) is 2. The number of carbonyl (C=O) groups is 1. The highest BCUT2D eigenvalue weighted by Gasteiger charge is 2.06. The van der Waals surface area contributed by atoms with Gasteiger partial charge in [0.2, 0.25) is 5.91 Å². The molecule has 0 aromatic heterocycles. The molecule has 0 atom stereocenters. The van der Waals surface area contributed by atoms with Gasteiger partial charge in [0.1, 0.15) is 12.4 Å². The van der Waals surface area contributed by atoms with Crippen molar-refractivity contribution in [1.29, 1.82) is 0 Å². The van der Waals surface area contributed by atoms with Crippen LogP contribution in [0.1, 0.15) is 6.92 Å². The quantitative estimate of drug-likeness (QED) is 0.655. The van der Waals surface area contributed by atoms with Crippen molar-refractivity contribution in [3.8, 4) is 0 Å². The highest BCUT2D eigenvalue weighted by Crippen LogP contribution is 2.24. The molecule has 0 aliphatic rings. The zero-order valence-electron chi connectivity index (χ0n) is 11.2. The van der Waals surface area contributed by atoms with Gasteiger partial charge in [0.15, 0.2) is 0 Å². The van der Waals surface area contributed by atoms with Crippen molar-refractivity contribution in [3.63, 3.8) is 0 Å². The van der Waals surface area contributed by atoms with Crippen LogP contribution in [0, 0.1) is 0 Å². The minimum atomic E-state index is -0.192. The first-order valence-corrected chi connectivity index (χ1v) is 5.65. The molecule has 0 unspecified atom stereocenters. The molecule has 0 saturated carbocycles. The van der Waals surface area contributed by atoms with Crippen LogP contribution >= 0.6 is 0 Å². The first-order chi connectivity index (χ1) is 8.54. The zero-order chi connectivity index (χ0) is 13.5. The topological polar surface area (TPSA) is 53.9 Å². The molecule has 0 aliphatic heterocycles. The number of amides is 1. The minimum Gasteiger partial charge on any atom is -0.375 e. The number of hydrogen-bond acceptors (Lipinski definition) is 3. The van der Waals surface area contributed by atoms with Crippen LogP contribution in [0.2, 0.25) is 0 Å². The van der Waals surface area contributed by atoms with Gasteiger partial charge in [0.25, 0.3) is 0 Å². The van der Waals surface area contributed by atoms with Gasteiger partial charge in [-0.15, -0.1) is 0 Å². The van der Waals surface area contributed by atoms with Gasteiger partial charge >= 0.3 is 0 Å². The van der Waals surface area contributed by atoms with Crippen molar-refractivity contribution in [2.45, 2.75) is 6.92 Å². The summed E-state index contributed by atoms with van der Waals surface area (Å²) in [5, 5.41) is 2.77. The fourth-order valence-electron chi connectivity index (χ4n) is 1.27. The lowest BCUT2D eigenvalue weighted by Gasteiger charge is -2.13. The smallest absolute Gasteiger partial charge is 0.250 e. The standard InChI is InChI=1S/C13H19N3O2/c1-10(16(2)3)14-11-7-5-6-8-12(11)15-13(17)9-18-4/h5-8H,9H2,1-4H3,(H,15,17)/b14-10+. The van der Waals surface area contributed by atoms with Crippen molar-refractivity contribution in [2.24, 2.45) is 4.99 Å². The second-order valence-corrected chi connectivity index (χ2v) is 4.05. The van der Waals surface area contributed by atoms with E-state index in [2.05, 4.69) is 10.3 Å². The number of nitrogens with one attached hydrogen (secondary N) is 1. The molecule has 0 saturated heterocycles. The molecule has 0 radical (unpaired) electrons. The van der Waals surface area contributed by atoms with Crippen molar-refractivity contribution < 1.29 is 9.53 Å². The summed E-state index contributed by atoms with van der Waals surface area (Å²) in [5.74, 6) is 0.672. The maximum Gasteiger partial charge on any atom is 0.250 e. The van der Waals surface area contributed by atoms with Crippen LogP contribution in [-0.2, 0) is 9.53 Å². The third kappa shape index (κ3) is 4.18. The number of carbonyl (C=O) groups excluding carboxylic acids is 1. The summed E-state index contributed by atoms with van der Waals surface area (Å²) in [7, 11) is 5.33. The molecule has 98 valence electrons. The van der Waals surface area contributed by atoms with Gasteiger partial charge in [0.05, 0.1) is 11.4 Å². The summed E-state index contributed by atoms with van der Waals surface area (Å²) in [5.41, 5.74) is 1.41. The molecular formula is C13H19N3O2. The van der Waals surface area contributed by atoms with Gasteiger partial charge < -0.3 is 15.0 Å². The van der Waals surface area contributed by atoms with Crippen LogP contribution in [0.25, 0.3) is 0 Å². The number of anilines is 1. The van der Waals surface area contributed by atoms with Crippen molar-refractivity contribution in [1.82, 2.24) is 4.90 Å². The molecule has 0 aliphatic carbocycles. The number of para-hydroxylation sites is 2. The lowest BCUT2D eigenvalue weighted by atomic mass is 10.2. The Morgan fingerprint density at radius 3 is 2.67 bits per heavy atom. The number of hydrogen-bond donors (Lipinski definition) is 1. The lowest BCUT2D eigenvalue weighted by Crippen LogP contribution is -2.19. The highest BCUT2D eigenvalue weighted by atomic mass is 16.5. The van der Waals surface area contributed by atoms with Gasteiger partial charge in [-0.3, -0.25) is 4.79 Å². The van der Waals surface area contributed by atoms with Crippen molar-refractivity contribution >= 4 is 23.1 Å². The van der Waals surface area contributed by atoms with Crippen molar-refractivity contribution in [3.05, 3.63) is 24.3 Å². The van der Waals surface area contributed by atoms with E-state index in [1.165, 1.54) is 7.11 Å². The SMILES string of the molecule is COCC(=O)Nc1ccccc1/N=C(\C)N(C)C. The largest absolute Gasteiger partial charge is 0.375 e. The Kier molecular flexibility index (Phi) is 5.32. The Balaban J connectivity index is 2.93. The predicted molar refractivity (Wildman–Crippen MR) is 73.4 cm³/mol. The van der Waals surface area contributed by atoms with E-state index in [0.717, 1.165) is 11.5 Å². The maximum atomic E-state index is 11.5. The number of benzene rings is 1. The summed E-state index contributed by atoms with van der Waals surface area (Å²) in [4.78, 5) is 17.9. The summed E-state index contributed by atoms with van der Waals surface area (Å²) in [6.07, 6.45) is 0. The van der Waals surface area contributed by atoms with Gasteiger partial charge in [-0.05, 0) is 19.1 Å². The highest BCUT2D eigenvalue weighted by molar-refractivity contribution is 5.95. The van der Waals surface area contributed by atoms with Crippen molar-refractivity contribution in [2.75, 3.05) is 33.1 Å². The molecule has 5 heteroatoms. The molecule has 0 fully saturated rings. The number of aliphatic imine (C=N–C) groups is 1. The number of methoxy groups -OCH3 is 1. The predicted octanol–water partition coefficient (Wildman–Crippen LogP) is 1.88. The monoisotopic (exact) mass is 249 g/mol. The number of amidine groups is 1. The summed E-state index contributed by atoms with van der Waals surface area (Å²) in [6.45, 7) is 1.94. The van der Waals surface area contributed by atoms with E-state index in [9.17, 15) is 4.79 Å². The summed E-state index contributed by atoms with van der Waals surface area (Å²) < 4.78 is 4.78. The molecule has 0 spiro atoms. The van der Waals surface area contributed by atoms with E-state index in [0.29, 0.717) is 5.69 Å². The van der Waals surface area contributed by atoms with E-state index in [-0.39, 0.29) is 12.5 Å². The molecule has 5 nitrogen and oxygen atoms in total. The third-order valence-electron chi connectivity index (χ3n) is 2.38. The summed E-state index contributed by atoms with van der Waals surface area (Å²) in [6, 6.07) is 7.41. The van der Waals surface area contributed by atoms with Gasteiger partial charge in [-0.2, -0.15) is 0 Å². The van der Waals surface area contributed by atoms with E-state index < -0.39 is 0 Å². The number of ether oxygens (including phenoxy) is 1. The van der Waals surface area contributed by atoms with Crippen LogP contribution in [0.5, 0.6) is 0 Å². The second kappa shape index (κ2) is 6.76. The fourth-order valence-corrected chi connectivity index (χ4v) is 1.27. The molecule has 1 amide bonds. The molecule has 1 aromatic carbocycles. The minimum absolute atomic E-state index is 0.0325. The average Bonchev–Trinajstić information content (AvgIpc) is 2.31. The van der Waals surface area contributed by atoms with Gasteiger partial charge in [-0.25, -0.2) is 4.99 Å². The Bertz CT molecular complexity index is 442. The molecule has 0 heterocycles. The molecule has 18 heavy (non-hydrogen) atoms. The first-order valence-electron chi connectivity index (χ1n) is 5.65. The lowest BCUT2D eigenvalue weighted by molar-refractivity contribution is -0.119. The average molecular weight is 249 g/mol. The zero-order valence-corrected chi connectivity index (χ0v) is 11.2. The van der Waals surface area contributed by atoms with Crippen LogP contribution in [0.3, 0.4) is 0 Å². The second-order valence-electron chi connectivity index (χ2n) is 4.05. The molecule has 1 aromatic rings. The number of rotatable bonds is 4.